The topological polar surface area (TPSA) is 3.24 Å². The number of piperidine rings is 1. The van der Waals surface area contributed by atoms with Crippen molar-refractivity contribution in [3.8, 4) is 0 Å². The molecule has 0 bridgehead atoms. The fraction of sp³-hybridized carbons (Fsp3) is 0.867. The Morgan fingerprint density at radius 2 is 1.69 bits per heavy atom. The highest BCUT2D eigenvalue weighted by atomic mass is 15.2. The minimum Gasteiger partial charge on any atom is -0.296 e. The summed E-state index contributed by atoms with van der Waals surface area (Å²) in [6.07, 6.45) is 5.65. The molecule has 0 aromatic heterocycles. The van der Waals surface area contributed by atoms with E-state index < -0.39 is 0 Å². The normalized spacial score (nSPS) is 27.8. The van der Waals surface area contributed by atoms with Gasteiger partial charge in [0.1, 0.15) is 0 Å². The number of hydrogen-bond donors (Lipinski definition) is 0. The molecule has 1 nitrogen and oxygen atoms in total. The highest BCUT2D eigenvalue weighted by Gasteiger charge is 2.31. The van der Waals surface area contributed by atoms with Gasteiger partial charge in [-0.15, -0.1) is 0 Å². The predicted octanol–water partition coefficient (Wildman–Crippen LogP) is 3.85. The van der Waals surface area contributed by atoms with E-state index in [9.17, 15) is 0 Å². The average molecular weight is 221 g/mol. The Bertz CT molecular complexity index is 247. The molecule has 92 valence electrons. The minimum absolute atomic E-state index is 0.736. The van der Waals surface area contributed by atoms with Gasteiger partial charge in [-0.3, -0.25) is 4.90 Å². The molecule has 1 unspecified atom stereocenters. The van der Waals surface area contributed by atoms with Crippen molar-refractivity contribution in [3.05, 3.63) is 11.1 Å². The van der Waals surface area contributed by atoms with Crippen molar-refractivity contribution >= 4 is 0 Å². The second-order valence-corrected chi connectivity index (χ2v) is 6.18. The Morgan fingerprint density at radius 1 is 1.00 bits per heavy atom. The Morgan fingerprint density at radius 3 is 2.31 bits per heavy atom. The summed E-state index contributed by atoms with van der Waals surface area (Å²) in [5, 5.41) is 0. The van der Waals surface area contributed by atoms with Crippen molar-refractivity contribution in [1.82, 2.24) is 4.90 Å². The SMILES string of the molecule is CC(C)C1=C(C(C)C)CN2CCCCC2C1. The lowest BCUT2D eigenvalue weighted by Crippen LogP contribution is -2.45. The van der Waals surface area contributed by atoms with Gasteiger partial charge >= 0.3 is 0 Å². The van der Waals surface area contributed by atoms with Crippen LogP contribution < -0.4 is 0 Å². The van der Waals surface area contributed by atoms with Gasteiger partial charge in [-0.25, -0.2) is 0 Å². The van der Waals surface area contributed by atoms with E-state index in [1.54, 1.807) is 11.1 Å². The Kier molecular flexibility index (Phi) is 3.73. The number of hydrogen-bond acceptors (Lipinski definition) is 1. The van der Waals surface area contributed by atoms with Crippen LogP contribution in [0.15, 0.2) is 11.1 Å². The molecule has 2 aliphatic heterocycles. The van der Waals surface area contributed by atoms with Crippen LogP contribution >= 0.6 is 0 Å². The molecular weight excluding hydrogens is 194 g/mol. The predicted molar refractivity (Wildman–Crippen MR) is 70.5 cm³/mol. The molecule has 0 aromatic rings. The van der Waals surface area contributed by atoms with Crippen molar-refractivity contribution in [2.24, 2.45) is 11.8 Å². The van der Waals surface area contributed by atoms with Crippen LogP contribution in [0.5, 0.6) is 0 Å². The van der Waals surface area contributed by atoms with Crippen molar-refractivity contribution in [2.75, 3.05) is 13.1 Å². The van der Waals surface area contributed by atoms with Crippen molar-refractivity contribution in [1.29, 1.82) is 0 Å². The Balaban J connectivity index is 2.21. The average Bonchev–Trinajstić information content (AvgIpc) is 2.27. The smallest absolute Gasteiger partial charge is 0.0201 e. The van der Waals surface area contributed by atoms with Crippen LogP contribution in [0.25, 0.3) is 0 Å². The molecule has 2 heterocycles. The summed E-state index contributed by atoms with van der Waals surface area (Å²) in [6, 6.07) is 0.869. The van der Waals surface area contributed by atoms with Crippen LogP contribution in [0.1, 0.15) is 53.4 Å². The molecule has 0 aromatic carbocycles. The number of fused-ring (bicyclic) bond motifs is 1. The molecule has 0 saturated carbocycles. The van der Waals surface area contributed by atoms with Gasteiger partial charge < -0.3 is 0 Å². The lowest BCUT2D eigenvalue weighted by molar-refractivity contribution is 0.141. The molecule has 0 spiro atoms. The highest BCUT2D eigenvalue weighted by Crippen LogP contribution is 2.35. The molecule has 0 radical (unpaired) electrons. The van der Waals surface area contributed by atoms with E-state index >= 15 is 0 Å². The van der Waals surface area contributed by atoms with Gasteiger partial charge in [0, 0.05) is 12.6 Å². The summed E-state index contributed by atoms with van der Waals surface area (Å²) in [6.45, 7) is 12.1. The Labute approximate surface area is 101 Å². The van der Waals surface area contributed by atoms with Crippen LogP contribution in [0.2, 0.25) is 0 Å². The van der Waals surface area contributed by atoms with Crippen LogP contribution in [-0.4, -0.2) is 24.0 Å². The third-order valence-corrected chi connectivity index (χ3v) is 4.38. The first kappa shape index (κ1) is 12.2. The monoisotopic (exact) mass is 221 g/mol. The van der Waals surface area contributed by atoms with Gasteiger partial charge in [0.25, 0.3) is 0 Å². The zero-order valence-corrected chi connectivity index (χ0v) is 11.4. The summed E-state index contributed by atoms with van der Waals surface area (Å²) in [4.78, 5) is 2.74. The molecule has 1 saturated heterocycles. The maximum Gasteiger partial charge on any atom is 0.0201 e. The van der Waals surface area contributed by atoms with Gasteiger partial charge in [-0.2, -0.15) is 0 Å². The second-order valence-electron chi connectivity index (χ2n) is 6.18. The second kappa shape index (κ2) is 4.91. The maximum absolute atomic E-state index is 2.74. The fourth-order valence-electron chi connectivity index (χ4n) is 3.36. The third-order valence-electron chi connectivity index (χ3n) is 4.38. The van der Waals surface area contributed by atoms with E-state index in [4.69, 9.17) is 0 Å². The lowest BCUT2D eigenvalue weighted by atomic mass is 9.80. The molecule has 0 aliphatic carbocycles. The van der Waals surface area contributed by atoms with Gasteiger partial charge in [0.05, 0.1) is 0 Å². The standard InChI is InChI=1S/C15H27N/c1-11(2)14-9-13-7-5-6-8-16(13)10-15(14)12(3)4/h11-13H,5-10H2,1-4H3. The molecule has 0 amide bonds. The fourth-order valence-corrected chi connectivity index (χ4v) is 3.36. The molecule has 1 fully saturated rings. The largest absolute Gasteiger partial charge is 0.296 e. The van der Waals surface area contributed by atoms with Gasteiger partial charge in [-0.1, -0.05) is 45.3 Å². The zero-order valence-electron chi connectivity index (χ0n) is 11.4. The van der Waals surface area contributed by atoms with Crippen LogP contribution in [-0.2, 0) is 0 Å². The third kappa shape index (κ3) is 2.34. The molecule has 0 N–H and O–H groups in total. The van der Waals surface area contributed by atoms with E-state index in [0.29, 0.717) is 0 Å². The van der Waals surface area contributed by atoms with Gasteiger partial charge in [0.2, 0.25) is 0 Å². The first-order chi connectivity index (χ1) is 7.59. The van der Waals surface area contributed by atoms with Crippen LogP contribution in [0, 0.1) is 11.8 Å². The number of nitrogens with zero attached hydrogens (tertiary/aromatic N) is 1. The molecule has 2 rings (SSSR count). The van der Waals surface area contributed by atoms with Crippen LogP contribution in [0.4, 0.5) is 0 Å². The summed E-state index contributed by atoms with van der Waals surface area (Å²) < 4.78 is 0. The number of rotatable bonds is 2. The maximum atomic E-state index is 2.74. The van der Waals surface area contributed by atoms with E-state index in [1.165, 1.54) is 38.8 Å². The zero-order chi connectivity index (χ0) is 11.7. The van der Waals surface area contributed by atoms with Gasteiger partial charge in [-0.05, 0) is 37.6 Å². The molecule has 1 heteroatoms. The van der Waals surface area contributed by atoms with E-state index in [0.717, 1.165) is 17.9 Å². The quantitative estimate of drug-likeness (QED) is 0.640. The molecule has 1 atom stereocenters. The molecular formula is C15H27N. The summed E-state index contributed by atoms with van der Waals surface area (Å²) >= 11 is 0. The summed E-state index contributed by atoms with van der Waals surface area (Å²) in [7, 11) is 0. The first-order valence-corrected chi connectivity index (χ1v) is 7.05. The van der Waals surface area contributed by atoms with E-state index in [1.807, 2.05) is 0 Å². The van der Waals surface area contributed by atoms with E-state index in [2.05, 4.69) is 32.6 Å². The summed E-state index contributed by atoms with van der Waals surface area (Å²) in [5.74, 6) is 1.49. The molecule has 16 heavy (non-hydrogen) atoms. The van der Waals surface area contributed by atoms with Gasteiger partial charge in [0.15, 0.2) is 0 Å². The van der Waals surface area contributed by atoms with E-state index in [-0.39, 0.29) is 0 Å². The Hall–Kier alpha value is -0.300. The summed E-state index contributed by atoms with van der Waals surface area (Å²) in [5.41, 5.74) is 3.52. The molecule has 2 aliphatic rings. The highest BCUT2D eigenvalue weighted by molar-refractivity contribution is 5.24. The van der Waals surface area contributed by atoms with Crippen molar-refractivity contribution in [3.63, 3.8) is 0 Å². The lowest BCUT2D eigenvalue weighted by Gasteiger charge is -2.43. The van der Waals surface area contributed by atoms with Crippen molar-refractivity contribution < 1.29 is 0 Å². The van der Waals surface area contributed by atoms with Crippen LogP contribution in [0.3, 0.4) is 0 Å². The minimum atomic E-state index is 0.736. The first-order valence-electron chi connectivity index (χ1n) is 7.05. The van der Waals surface area contributed by atoms with Crippen molar-refractivity contribution in [2.45, 2.75) is 59.4 Å².